The van der Waals surface area contributed by atoms with E-state index in [0.29, 0.717) is 0 Å². The molecule has 0 aliphatic carbocycles. The minimum absolute atomic E-state index is 0. The summed E-state index contributed by atoms with van der Waals surface area (Å²) in [6, 6.07) is 0. The molecule has 0 unspecified atom stereocenters. The molecule has 0 aliphatic rings. The van der Waals surface area contributed by atoms with Crippen LogP contribution in [-0.2, 0) is 16.8 Å². The van der Waals surface area contributed by atoms with E-state index in [2.05, 4.69) is 20.8 Å². The monoisotopic (exact) mass is 215 g/mol. The maximum atomic E-state index is 6.25. The summed E-state index contributed by atoms with van der Waals surface area (Å²) < 4.78 is 0. The van der Waals surface area contributed by atoms with Crippen LogP contribution in [0.3, 0.4) is 0 Å². The summed E-state index contributed by atoms with van der Waals surface area (Å²) in [4.78, 5) is 0. The maximum Gasteiger partial charge on any atom is 0 e. The van der Waals surface area contributed by atoms with E-state index in [4.69, 9.17) is 23.7 Å². The number of nitrogens with zero attached hydrogens (tertiary/aromatic N) is 2. The third kappa shape index (κ3) is 309. The summed E-state index contributed by atoms with van der Waals surface area (Å²) >= 11 is 0. The van der Waals surface area contributed by atoms with E-state index in [0.717, 1.165) is 5.92 Å². The van der Waals surface area contributed by atoms with Crippen LogP contribution >= 0.6 is 0 Å². The molecule has 0 aromatic heterocycles. The molecule has 1 radical (unpaired) electrons. The standard InChI is InChI=1S/C5H12.2CN.2CH4.Co/c1-4-5(2)3;2*1-2;;;/h5H,4H2,1-3H3;;;2*1H4;/q;2*-1;;;. The van der Waals surface area contributed by atoms with Gasteiger partial charge in [-0.25, -0.2) is 0 Å². The molecule has 0 N–H and O–H groups in total. The molecule has 77 valence electrons. The smallest absolute Gasteiger partial charge is 0 e. The maximum absolute atomic E-state index is 6.25. The Labute approximate surface area is 88.8 Å². The van der Waals surface area contributed by atoms with E-state index in [-0.39, 0.29) is 31.6 Å². The van der Waals surface area contributed by atoms with Crippen molar-refractivity contribution in [2.24, 2.45) is 5.92 Å². The van der Waals surface area contributed by atoms with Gasteiger partial charge in [0.1, 0.15) is 0 Å². The topological polar surface area (TPSA) is 47.6 Å². The molecule has 0 aliphatic heterocycles. The van der Waals surface area contributed by atoms with Crippen molar-refractivity contribution in [3.8, 4) is 0 Å². The van der Waals surface area contributed by atoms with Gasteiger partial charge >= 0.3 is 0 Å². The molecule has 0 atom stereocenters. The van der Waals surface area contributed by atoms with Gasteiger partial charge in [-0.15, -0.1) is 0 Å². The van der Waals surface area contributed by atoms with E-state index in [1.54, 1.807) is 0 Å². The third-order valence-electron chi connectivity index (χ3n) is 0.816. The van der Waals surface area contributed by atoms with Gasteiger partial charge in [0.15, 0.2) is 0 Å². The van der Waals surface area contributed by atoms with Crippen LogP contribution in [0.5, 0.6) is 0 Å². The van der Waals surface area contributed by atoms with Crippen LogP contribution in [0.2, 0.25) is 0 Å². The Bertz CT molecular complexity index is 61.4. The summed E-state index contributed by atoms with van der Waals surface area (Å²) in [5.41, 5.74) is 0. The average molecular weight is 215 g/mol. The molecule has 0 saturated heterocycles. The SMILES string of the molecule is C.C.CCC(C)C.[C-]#N.[C-]#N.[Co]. The predicted octanol–water partition coefficient (Wildman–Crippen LogP) is 3.51. The van der Waals surface area contributed by atoms with E-state index in [9.17, 15) is 0 Å². The fraction of sp³-hybridized carbons (Fsp3) is 0.778. The van der Waals surface area contributed by atoms with Gasteiger partial charge in [0, 0.05) is 16.8 Å². The molecule has 0 saturated carbocycles. The summed E-state index contributed by atoms with van der Waals surface area (Å²) in [5, 5.41) is 12.5. The summed E-state index contributed by atoms with van der Waals surface area (Å²) in [7, 11) is 0. The van der Waals surface area contributed by atoms with Crippen molar-refractivity contribution in [1.82, 2.24) is 0 Å². The molecule has 0 bridgehead atoms. The van der Waals surface area contributed by atoms with Gasteiger partial charge in [-0.2, -0.15) is 0 Å². The van der Waals surface area contributed by atoms with Gasteiger partial charge in [-0.1, -0.05) is 42.0 Å². The second-order valence-corrected chi connectivity index (χ2v) is 1.80. The summed E-state index contributed by atoms with van der Waals surface area (Å²) in [6.07, 6.45) is 1.31. The Balaban J connectivity index is -0.0000000116. The molecular formula is C9H20CoN2-2. The van der Waals surface area contributed by atoms with Crippen LogP contribution in [0.15, 0.2) is 0 Å². The second-order valence-electron chi connectivity index (χ2n) is 1.80. The minimum atomic E-state index is 0. The van der Waals surface area contributed by atoms with Gasteiger partial charge in [0.25, 0.3) is 0 Å². The fourth-order valence-corrected chi connectivity index (χ4v) is 0. The van der Waals surface area contributed by atoms with Crippen molar-refractivity contribution in [2.75, 3.05) is 0 Å². The van der Waals surface area contributed by atoms with Gasteiger partial charge in [-0.3, -0.25) is 0 Å². The number of hydrogen-bond donors (Lipinski definition) is 0. The molecule has 0 amide bonds. The third-order valence-corrected chi connectivity index (χ3v) is 0.816. The van der Waals surface area contributed by atoms with Gasteiger partial charge in [0.2, 0.25) is 0 Å². The zero-order chi connectivity index (χ0) is 8.28. The first-order valence-corrected chi connectivity index (χ1v) is 2.72. The van der Waals surface area contributed by atoms with Crippen LogP contribution in [0.1, 0.15) is 42.0 Å². The molecule has 0 spiro atoms. The zero-order valence-corrected chi connectivity index (χ0v) is 7.55. The quantitative estimate of drug-likeness (QED) is 0.628. The second kappa shape index (κ2) is 77.6. The Morgan fingerprint density at radius 3 is 1.08 bits per heavy atom. The normalized spacial score (nSPS) is 4.33. The van der Waals surface area contributed by atoms with Gasteiger partial charge in [0.05, 0.1) is 0 Å². The zero-order valence-electron chi connectivity index (χ0n) is 6.51. The van der Waals surface area contributed by atoms with E-state index in [1.807, 2.05) is 0 Å². The predicted molar refractivity (Wildman–Crippen MR) is 48.5 cm³/mol. The van der Waals surface area contributed by atoms with Crippen LogP contribution in [0.4, 0.5) is 0 Å². The Kier molecular flexibility index (Phi) is 271. The summed E-state index contributed by atoms with van der Waals surface area (Å²) in [6.45, 7) is 16.1. The van der Waals surface area contributed by atoms with E-state index >= 15 is 0 Å². The van der Waals surface area contributed by atoms with Gasteiger partial charge < -0.3 is 23.7 Å². The minimum Gasteiger partial charge on any atom is -0.512 e. The largest absolute Gasteiger partial charge is 0.512 e. The molecule has 0 aromatic carbocycles. The molecular weight excluding hydrogens is 195 g/mol. The number of rotatable bonds is 1. The van der Waals surface area contributed by atoms with Crippen molar-refractivity contribution in [3.63, 3.8) is 0 Å². The van der Waals surface area contributed by atoms with Crippen LogP contribution in [0.25, 0.3) is 0 Å². The van der Waals surface area contributed by atoms with Crippen LogP contribution in [-0.4, -0.2) is 0 Å². The summed E-state index contributed by atoms with van der Waals surface area (Å²) in [5.74, 6) is 0.884. The van der Waals surface area contributed by atoms with Crippen LogP contribution < -0.4 is 0 Å². The Hall–Kier alpha value is -0.514. The van der Waals surface area contributed by atoms with Crippen molar-refractivity contribution in [1.29, 1.82) is 10.5 Å². The van der Waals surface area contributed by atoms with Crippen molar-refractivity contribution >= 4 is 0 Å². The molecule has 0 aromatic rings. The van der Waals surface area contributed by atoms with E-state index in [1.165, 1.54) is 6.42 Å². The molecule has 3 heteroatoms. The molecule has 0 rings (SSSR count). The molecule has 2 nitrogen and oxygen atoms in total. The average Bonchev–Trinajstić information content (AvgIpc) is 1.97. The van der Waals surface area contributed by atoms with Crippen LogP contribution in [0, 0.1) is 29.6 Å². The first-order valence-electron chi connectivity index (χ1n) is 2.72. The number of hydrogen-bond acceptors (Lipinski definition) is 2. The first-order chi connectivity index (χ1) is 4.27. The molecule has 0 heterocycles. The Morgan fingerprint density at radius 2 is 1.08 bits per heavy atom. The van der Waals surface area contributed by atoms with Crippen molar-refractivity contribution < 1.29 is 16.8 Å². The van der Waals surface area contributed by atoms with E-state index < -0.39 is 0 Å². The molecule has 12 heavy (non-hydrogen) atoms. The van der Waals surface area contributed by atoms with Gasteiger partial charge in [-0.05, 0) is 5.92 Å². The first kappa shape index (κ1) is 42.0. The fourth-order valence-electron chi connectivity index (χ4n) is 0. The Morgan fingerprint density at radius 1 is 1.00 bits per heavy atom. The van der Waals surface area contributed by atoms with Crippen molar-refractivity contribution in [2.45, 2.75) is 42.0 Å². The molecule has 0 fully saturated rings. The van der Waals surface area contributed by atoms with Crippen molar-refractivity contribution in [3.05, 3.63) is 13.1 Å².